The fourth-order valence-electron chi connectivity index (χ4n) is 7.14. The Balaban J connectivity index is 1.72. The van der Waals surface area contributed by atoms with Crippen molar-refractivity contribution in [1.82, 2.24) is 4.58 Å². The number of likely N-dealkylation sites (N-methyl/N-ethyl adjacent to an activating group) is 2. The normalized spacial score (nSPS) is 18.9. The van der Waals surface area contributed by atoms with Gasteiger partial charge in [-0.05, 0) is 36.8 Å². The van der Waals surface area contributed by atoms with E-state index in [1.54, 1.807) is 0 Å². The van der Waals surface area contributed by atoms with Gasteiger partial charge < -0.3 is 9.64 Å². The third-order valence-electron chi connectivity index (χ3n) is 8.24. The van der Waals surface area contributed by atoms with E-state index in [9.17, 15) is 0 Å². The van der Waals surface area contributed by atoms with E-state index in [4.69, 9.17) is 4.74 Å². The molecule has 4 aromatic rings. The molecule has 0 spiro atoms. The standard InChI is InChI=1S/C31H31N2O/c1-30(2)16-32(5)26-20-13-9-7-11-18(20)22-15-23-19-12-8-10-14-21(19)27-25(31(3,4)17-33(27)6)29(23)34-28(22)24(26)30/h7-15H,16-17H2,1-6H3/q+1. The van der Waals surface area contributed by atoms with Crippen LogP contribution in [0.1, 0.15) is 44.4 Å². The largest absolute Gasteiger partial charge is 0.455 e. The average molecular weight is 448 g/mol. The van der Waals surface area contributed by atoms with Crippen LogP contribution in [0.15, 0.2) is 48.5 Å². The molecule has 34 heavy (non-hydrogen) atoms. The van der Waals surface area contributed by atoms with Gasteiger partial charge in [0.25, 0.3) is 0 Å². The second-order valence-electron chi connectivity index (χ2n) is 11.8. The summed E-state index contributed by atoms with van der Waals surface area (Å²) in [4.78, 5) is 2.42. The number of fused-ring (bicyclic) bond motifs is 12. The first kappa shape index (κ1) is 20.1. The van der Waals surface area contributed by atoms with E-state index < -0.39 is 0 Å². The zero-order valence-corrected chi connectivity index (χ0v) is 20.9. The molecule has 0 N–H and O–H groups in total. The minimum absolute atomic E-state index is 0.00979. The highest BCUT2D eigenvalue weighted by atomic mass is 16.5. The molecule has 3 aliphatic heterocycles. The van der Waals surface area contributed by atoms with Crippen molar-refractivity contribution in [2.75, 3.05) is 32.1 Å². The quantitative estimate of drug-likeness (QED) is 0.308. The van der Waals surface area contributed by atoms with Crippen molar-refractivity contribution in [2.24, 2.45) is 0 Å². The lowest BCUT2D eigenvalue weighted by Crippen LogP contribution is -2.29. The number of rotatable bonds is 0. The van der Waals surface area contributed by atoms with Crippen LogP contribution in [0, 0.1) is 0 Å². The van der Waals surface area contributed by atoms with E-state index in [1.807, 2.05) is 0 Å². The Hall–Kier alpha value is -3.33. The Bertz CT molecular complexity index is 1710. The third kappa shape index (κ3) is 2.35. The SMILES string of the molecule is CN1CC(C)(C)c2c3c(c4ccccc4c21)C=c1c(c2c(c4ccccc14)=[N+](C)CC2(C)C)O3. The summed E-state index contributed by atoms with van der Waals surface area (Å²) < 4.78 is 9.58. The van der Waals surface area contributed by atoms with Crippen molar-refractivity contribution in [2.45, 2.75) is 38.5 Å². The second-order valence-corrected chi connectivity index (χ2v) is 11.8. The molecule has 0 atom stereocenters. The Kier molecular flexibility index (Phi) is 3.67. The van der Waals surface area contributed by atoms with Crippen LogP contribution >= 0.6 is 0 Å². The first-order valence-electron chi connectivity index (χ1n) is 12.3. The predicted molar refractivity (Wildman–Crippen MR) is 142 cm³/mol. The van der Waals surface area contributed by atoms with Crippen molar-refractivity contribution >= 4 is 33.3 Å². The molecule has 3 aliphatic rings. The molecule has 3 heterocycles. The van der Waals surface area contributed by atoms with E-state index in [0.717, 1.165) is 24.6 Å². The summed E-state index contributed by atoms with van der Waals surface area (Å²) in [6.45, 7) is 11.4. The molecule has 7 rings (SSSR count). The highest BCUT2D eigenvalue weighted by molar-refractivity contribution is 6.06. The van der Waals surface area contributed by atoms with Crippen molar-refractivity contribution in [3.63, 3.8) is 0 Å². The molecule has 0 unspecified atom stereocenters. The van der Waals surface area contributed by atoms with E-state index in [-0.39, 0.29) is 10.8 Å². The molecule has 0 amide bonds. The summed E-state index contributed by atoms with van der Waals surface area (Å²) in [5.41, 5.74) is 5.25. The first-order chi connectivity index (χ1) is 16.2. The van der Waals surface area contributed by atoms with Gasteiger partial charge in [0.05, 0.1) is 22.1 Å². The number of anilines is 1. The smallest absolute Gasteiger partial charge is 0.215 e. The van der Waals surface area contributed by atoms with Crippen molar-refractivity contribution < 1.29 is 4.74 Å². The zero-order chi connectivity index (χ0) is 23.6. The van der Waals surface area contributed by atoms with Gasteiger partial charge >= 0.3 is 0 Å². The maximum Gasteiger partial charge on any atom is 0.215 e. The van der Waals surface area contributed by atoms with E-state index in [0.29, 0.717) is 0 Å². The molecule has 0 fully saturated rings. The van der Waals surface area contributed by atoms with Crippen molar-refractivity contribution in [3.05, 3.63) is 75.8 Å². The lowest BCUT2D eigenvalue weighted by atomic mass is 9.81. The minimum atomic E-state index is 0.00979. The third-order valence-corrected chi connectivity index (χ3v) is 8.24. The van der Waals surface area contributed by atoms with Crippen LogP contribution < -0.4 is 24.8 Å². The summed E-state index contributed by atoms with van der Waals surface area (Å²) in [7, 11) is 4.44. The minimum Gasteiger partial charge on any atom is -0.455 e. The summed E-state index contributed by atoms with van der Waals surface area (Å²) in [6.07, 6.45) is 2.42. The van der Waals surface area contributed by atoms with Gasteiger partial charge in [0, 0.05) is 40.7 Å². The van der Waals surface area contributed by atoms with Crippen LogP contribution in [0.4, 0.5) is 5.69 Å². The van der Waals surface area contributed by atoms with Gasteiger partial charge in [-0.2, -0.15) is 0 Å². The maximum atomic E-state index is 7.16. The lowest BCUT2D eigenvalue weighted by Gasteiger charge is -2.28. The molecule has 4 aromatic carbocycles. The number of hydrogen-bond acceptors (Lipinski definition) is 2. The lowest BCUT2D eigenvalue weighted by molar-refractivity contribution is 0.426. The predicted octanol–water partition coefficient (Wildman–Crippen LogP) is 5.07. The monoisotopic (exact) mass is 447 g/mol. The molecule has 0 aromatic heterocycles. The Morgan fingerprint density at radius 2 is 1.44 bits per heavy atom. The van der Waals surface area contributed by atoms with E-state index >= 15 is 0 Å². The molecule has 0 aliphatic carbocycles. The van der Waals surface area contributed by atoms with Gasteiger partial charge in [0.2, 0.25) is 5.36 Å². The number of hydrogen-bond donors (Lipinski definition) is 0. The maximum absolute atomic E-state index is 7.16. The highest BCUT2D eigenvalue weighted by Crippen LogP contribution is 2.53. The zero-order valence-electron chi connectivity index (χ0n) is 20.9. The molecule has 3 heteroatoms. The Morgan fingerprint density at radius 1 is 0.794 bits per heavy atom. The number of benzene rings is 4. The van der Waals surface area contributed by atoms with Crippen LogP contribution in [0.5, 0.6) is 11.5 Å². The van der Waals surface area contributed by atoms with Gasteiger partial charge in [-0.15, -0.1) is 0 Å². The van der Waals surface area contributed by atoms with E-state index in [2.05, 4.69) is 106 Å². The molecule has 0 saturated heterocycles. The fourth-order valence-corrected chi connectivity index (χ4v) is 7.14. The number of ether oxygens (including phenoxy) is 1. The van der Waals surface area contributed by atoms with Gasteiger partial charge in [0.15, 0.2) is 6.54 Å². The average Bonchev–Trinajstić information content (AvgIpc) is 3.20. The van der Waals surface area contributed by atoms with Gasteiger partial charge in [-0.3, -0.25) is 0 Å². The molecule has 170 valence electrons. The van der Waals surface area contributed by atoms with Crippen LogP contribution in [-0.4, -0.2) is 27.2 Å². The van der Waals surface area contributed by atoms with Crippen LogP contribution in [0.3, 0.4) is 0 Å². The van der Waals surface area contributed by atoms with Crippen LogP contribution in [-0.2, 0) is 10.8 Å². The Labute approximate surface area is 200 Å². The molecule has 3 nitrogen and oxygen atoms in total. The summed E-state index contributed by atoms with van der Waals surface area (Å²) in [5.74, 6) is 2.11. The second kappa shape index (κ2) is 6.21. The molecule has 0 saturated carbocycles. The Morgan fingerprint density at radius 3 is 2.18 bits per heavy atom. The summed E-state index contributed by atoms with van der Waals surface area (Å²) in [6, 6.07) is 17.7. The topological polar surface area (TPSA) is 15.5 Å². The van der Waals surface area contributed by atoms with Gasteiger partial charge in [0.1, 0.15) is 18.5 Å². The summed E-state index contributed by atoms with van der Waals surface area (Å²) >= 11 is 0. The van der Waals surface area contributed by atoms with E-state index in [1.165, 1.54) is 54.5 Å². The molecule has 0 radical (unpaired) electrons. The number of nitrogens with zero attached hydrogens (tertiary/aromatic N) is 2. The van der Waals surface area contributed by atoms with Crippen molar-refractivity contribution in [3.8, 4) is 11.5 Å². The molecular formula is C31H31N2O+. The van der Waals surface area contributed by atoms with Crippen molar-refractivity contribution in [1.29, 1.82) is 0 Å². The fraction of sp³-hybridized carbons (Fsp3) is 0.323. The van der Waals surface area contributed by atoms with Crippen LogP contribution in [0.25, 0.3) is 27.6 Å². The first-order valence-corrected chi connectivity index (χ1v) is 12.3. The summed E-state index contributed by atoms with van der Waals surface area (Å²) in [5, 5.41) is 7.72. The van der Waals surface area contributed by atoms with Gasteiger partial charge in [-0.25, -0.2) is 4.58 Å². The van der Waals surface area contributed by atoms with Crippen LogP contribution in [0.2, 0.25) is 0 Å². The molecular weight excluding hydrogens is 416 g/mol. The van der Waals surface area contributed by atoms with Gasteiger partial charge in [-0.1, -0.05) is 56.3 Å². The highest BCUT2D eigenvalue weighted by Gasteiger charge is 2.44. The molecule has 0 bridgehead atoms.